The fourth-order valence-electron chi connectivity index (χ4n) is 1.17. The van der Waals surface area contributed by atoms with E-state index in [2.05, 4.69) is 9.98 Å². The second-order valence-corrected chi connectivity index (χ2v) is 2.97. The van der Waals surface area contributed by atoms with Crippen molar-refractivity contribution in [1.82, 2.24) is 4.98 Å². The summed E-state index contributed by atoms with van der Waals surface area (Å²) in [5.41, 5.74) is 0.545. The number of carbonyl (C=O) groups excluding carboxylic acids is 1. The summed E-state index contributed by atoms with van der Waals surface area (Å²) in [4.78, 5) is 17.5. The van der Waals surface area contributed by atoms with Crippen molar-refractivity contribution in [2.45, 2.75) is 0 Å². The predicted molar refractivity (Wildman–Crippen MR) is 58.5 cm³/mol. The highest BCUT2D eigenvalue weighted by molar-refractivity contribution is 5.50. The molecule has 0 aliphatic heterocycles. The minimum Gasteiger partial charge on any atom is -0.439 e. The third-order valence-electron chi connectivity index (χ3n) is 1.87. The van der Waals surface area contributed by atoms with Crippen LogP contribution in [0.4, 0.5) is 5.69 Å². The molecule has 0 spiro atoms. The number of hydrogen-bond acceptors (Lipinski definition) is 4. The lowest BCUT2D eigenvalue weighted by Crippen LogP contribution is -1.85. The lowest BCUT2D eigenvalue weighted by Gasteiger charge is -2.03. The molecule has 1 aromatic heterocycles. The zero-order valence-corrected chi connectivity index (χ0v) is 8.33. The van der Waals surface area contributed by atoms with E-state index < -0.39 is 0 Å². The van der Waals surface area contributed by atoms with Gasteiger partial charge in [0.2, 0.25) is 12.0 Å². The van der Waals surface area contributed by atoms with Crippen LogP contribution < -0.4 is 4.74 Å². The van der Waals surface area contributed by atoms with E-state index in [0.717, 1.165) is 0 Å². The van der Waals surface area contributed by atoms with Crippen LogP contribution in [0.25, 0.3) is 0 Å². The van der Waals surface area contributed by atoms with E-state index in [1.54, 1.807) is 36.5 Å². The van der Waals surface area contributed by atoms with Crippen molar-refractivity contribution < 1.29 is 9.53 Å². The average molecular weight is 212 g/mol. The molecule has 78 valence electrons. The molecule has 0 aliphatic carbocycles. The number of ether oxygens (including phenoxy) is 1. The van der Waals surface area contributed by atoms with Crippen molar-refractivity contribution in [1.29, 1.82) is 0 Å². The molecule has 4 nitrogen and oxygen atoms in total. The molecule has 0 aliphatic rings. The van der Waals surface area contributed by atoms with Crippen molar-refractivity contribution in [3.8, 4) is 11.6 Å². The normalized spacial score (nSPS) is 9.25. The summed E-state index contributed by atoms with van der Waals surface area (Å²) in [7, 11) is 0. The van der Waals surface area contributed by atoms with E-state index >= 15 is 0 Å². The molecule has 2 rings (SSSR count). The first kappa shape index (κ1) is 10.1. The second-order valence-electron chi connectivity index (χ2n) is 2.97. The quantitative estimate of drug-likeness (QED) is 0.580. The van der Waals surface area contributed by atoms with Crippen molar-refractivity contribution in [2.75, 3.05) is 0 Å². The van der Waals surface area contributed by atoms with Gasteiger partial charge >= 0.3 is 0 Å². The third kappa shape index (κ3) is 2.53. The number of hydrogen-bond donors (Lipinski definition) is 0. The van der Waals surface area contributed by atoms with Gasteiger partial charge in [-0.3, -0.25) is 0 Å². The van der Waals surface area contributed by atoms with E-state index in [4.69, 9.17) is 4.74 Å². The second kappa shape index (κ2) is 4.87. The monoisotopic (exact) mass is 212 g/mol. The molecule has 4 heteroatoms. The lowest BCUT2D eigenvalue weighted by atomic mass is 10.3. The molecule has 0 bridgehead atoms. The Labute approximate surface area is 92.2 Å². The maximum absolute atomic E-state index is 10.0. The highest BCUT2D eigenvalue weighted by Gasteiger charge is 1.97. The van der Waals surface area contributed by atoms with Gasteiger partial charge in [0, 0.05) is 12.3 Å². The van der Waals surface area contributed by atoms with E-state index in [1.165, 1.54) is 6.08 Å². The molecule has 1 heterocycles. The van der Waals surface area contributed by atoms with Gasteiger partial charge in [0.15, 0.2) is 0 Å². The summed E-state index contributed by atoms with van der Waals surface area (Å²) < 4.78 is 5.46. The third-order valence-corrected chi connectivity index (χ3v) is 1.87. The first-order valence-electron chi connectivity index (χ1n) is 4.65. The number of aliphatic imine (C=N–C) groups is 1. The van der Waals surface area contributed by atoms with Gasteiger partial charge in [-0.05, 0) is 30.3 Å². The lowest BCUT2D eigenvalue weighted by molar-refractivity contribution is 0.463. The minimum absolute atomic E-state index is 0.522. The molecule has 1 aromatic carbocycles. The van der Waals surface area contributed by atoms with Gasteiger partial charge in [0.05, 0.1) is 5.69 Å². The summed E-state index contributed by atoms with van der Waals surface area (Å²) in [6.07, 6.45) is 3.13. The van der Waals surface area contributed by atoms with Crippen LogP contribution in [0, 0.1) is 0 Å². The topological polar surface area (TPSA) is 51.5 Å². The molecule has 0 atom stereocenters. The average Bonchev–Trinajstić information content (AvgIpc) is 2.33. The van der Waals surface area contributed by atoms with Crippen LogP contribution in [0.5, 0.6) is 11.6 Å². The van der Waals surface area contributed by atoms with Crippen molar-refractivity contribution in [3.63, 3.8) is 0 Å². The molecule has 0 radical (unpaired) electrons. The summed E-state index contributed by atoms with van der Waals surface area (Å²) in [6, 6.07) is 12.2. The smallest absolute Gasteiger partial charge is 0.240 e. The van der Waals surface area contributed by atoms with E-state index in [-0.39, 0.29) is 0 Å². The van der Waals surface area contributed by atoms with Crippen LogP contribution >= 0.6 is 0 Å². The van der Waals surface area contributed by atoms with Crippen LogP contribution in [0.15, 0.2) is 53.7 Å². The van der Waals surface area contributed by atoms with Crippen molar-refractivity contribution >= 4 is 11.8 Å². The molecule has 0 saturated heterocycles. The predicted octanol–water partition coefficient (Wildman–Crippen LogP) is 2.84. The molecule has 0 N–H and O–H groups in total. The van der Waals surface area contributed by atoms with Gasteiger partial charge in [-0.25, -0.2) is 9.78 Å². The Morgan fingerprint density at radius 2 is 1.94 bits per heavy atom. The summed E-state index contributed by atoms with van der Waals surface area (Å²) >= 11 is 0. The van der Waals surface area contributed by atoms with E-state index in [1.807, 2.05) is 12.1 Å². The Bertz CT molecular complexity index is 502. The molecular weight excluding hydrogens is 204 g/mol. The maximum Gasteiger partial charge on any atom is 0.240 e. The number of pyridine rings is 1. The van der Waals surface area contributed by atoms with Crippen molar-refractivity contribution in [3.05, 3.63) is 48.7 Å². The highest BCUT2D eigenvalue weighted by Crippen LogP contribution is 2.21. The van der Waals surface area contributed by atoms with Crippen LogP contribution in [0.1, 0.15) is 0 Å². The van der Waals surface area contributed by atoms with Gasteiger partial charge in [0.25, 0.3) is 0 Å². The van der Waals surface area contributed by atoms with Gasteiger partial charge in [-0.15, -0.1) is 0 Å². The Balaban J connectivity index is 2.14. The van der Waals surface area contributed by atoms with Gasteiger partial charge in [0.1, 0.15) is 5.75 Å². The molecular formula is C12H8N2O2. The number of rotatable bonds is 3. The van der Waals surface area contributed by atoms with E-state index in [9.17, 15) is 4.79 Å². The van der Waals surface area contributed by atoms with Crippen LogP contribution in [0.2, 0.25) is 0 Å². The summed E-state index contributed by atoms with van der Waals surface area (Å²) in [5.74, 6) is 1.16. The number of isocyanates is 1. The Morgan fingerprint density at radius 3 is 2.56 bits per heavy atom. The van der Waals surface area contributed by atoms with Gasteiger partial charge < -0.3 is 4.74 Å². The first-order chi connectivity index (χ1) is 7.88. The van der Waals surface area contributed by atoms with Crippen LogP contribution in [-0.2, 0) is 4.79 Å². The first-order valence-corrected chi connectivity index (χ1v) is 4.65. The SMILES string of the molecule is O=C=Nc1ccc(Oc2ccccn2)cc1. The van der Waals surface area contributed by atoms with Crippen molar-refractivity contribution in [2.24, 2.45) is 4.99 Å². The highest BCUT2D eigenvalue weighted by atomic mass is 16.5. The molecule has 16 heavy (non-hydrogen) atoms. The number of nitrogens with zero attached hydrogens (tertiary/aromatic N) is 2. The Morgan fingerprint density at radius 1 is 1.12 bits per heavy atom. The molecule has 0 fully saturated rings. The maximum atomic E-state index is 10.0. The molecule has 0 unspecified atom stereocenters. The van der Waals surface area contributed by atoms with Crippen LogP contribution in [-0.4, -0.2) is 11.1 Å². The molecule has 0 saturated carbocycles. The Kier molecular flexibility index (Phi) is 3.07. The summed E-state index contributed by atoms with van der Waals surface area (Å²) in [5, 5.41) is 0. The Hall–Kier alpha value is -2.45. The standard InChI is InChI=1S/C12H8N2O2/c15-9-14-10-4-6-11(7-5-10)16-12-3-1-2-8-13-12/h1-8H. The largest absolute Gasteiger partial charge is 0.439 e. The molecule has 0 amide bonds. The molecule has 2 aromatic rings. The number of aromatic nitrogens is 1. The summed E-state index contributed by atoms with van der Waals surface area (Å²) in [6.45, 7) is 0. The minimum atomic E-state index is 0.522. The number of benzene rings is 1. The fourth-order valence-corrected chi connectivity index (χ4v) is 1.17. The van der Waals surface area contributed by atoms with E-state index in [0.29, 0.717) is 17.3 Å². The zero-order chi connectivity index (χ0) is 11.2. The zero-order valence-electron chi connectivity index (χ0n) is 8.33. The van der Waals surface area contributed by atoms with Gasteiger partial charge in [-0.1, -0.05) is 6.07 Å². The van der Waals surface area contributed by atoms with Crippen LogP contribution in [0.3, 0.4) is 0 Å². The van der Waals surface area contributed by atoms with Gasteiger partial charge in [-0.2, -0.15) is 4.99 Å². The fraction of sp³-hybridized carbons (Fsp3) is 0.